The second kappa shape index (κ2) is 9.43. The van der Waals surface area contributed by atoms with Crippen LogP contribution in [0.5, 0.6) is 0 Å². The van der Waals surface area contributed by atoms with Gasteiger partial charge in [0.25, 0.3) is 0 Å². The molecule has 1 aliphatic carbocycles. The topological polar surface area (TPSA) is 108 Å². The summed E-state index contributed by atoms with van der Waals surface area (Å²) in [6.45, 7) is 6.24. The van der Waals surface area contributed by atoms with Gasteiger partial charge in [0.15, 0.2) is 0 Å². The molecule has 6 heteroatoms. The Kier molecular flexibility index (Phi) is 6.91. The zero-order valence-corrected chi connectivity index (χ0v) is 18.5. The van der Waals surface area contributed by atoms with Gasteiger partial charge in [-0.1, -0.05) is 26.0 Å². The molecule has 5 N–H and O–H groups in total. The number of nitrogens with two attached hydrogens (primary N) is 1. The van der Waals surface area contributed by atoms with Gasteiger partial charge >= 0.3 is 0 Å². The molecule has 0 spiro atoms. The Morgan fingerprint density at radius 3 is 1.87 bits per heavy atom. The van der Waals surface area contributed by atoms with E-state index < -0.39 is 5.41 Å². The normalized spacial score (nSPS) is 15.3. The third-order valence-electron chi connectivity index (χ3n) is 6.00. The molecule has 31 heavy (non-hydrogen) atoms. The Balaban J connectivity index is 2.31. The molecule has 1 atom stereocenters. The number of rotatable bonds is 9. The second-order valence-electron chi connectivity index (χ2n) is 8.93. The van der Waals surface area contributed by atoms with Crippen LogP contribution in [0, 0.1) is 11.3 Å². The summed E-state index contributed by atoms with van der Waals surface area (Å²) >= 11 is 0. The molecule has 0 saturated heterocycles. The van der Waals surface area contributed by atoms with E-state index in [-0.39, 0.29) is 6.04 Å². The molecule has 1 aliphatic rings. The Morgan fingerprint density at radius 2 is 1.48 bits per heavy atom. The van der Waals surface area contributed by atoms with Crippen LogP contribution in [0.3, 0.4) is 0 Å². The first kappa shape index (κ1) is 22.7. The summed E-state index contributed by atoms with van der Waals surface area (Å²) in [6.07, 6.45) is 4.18. The summed E-state index contributed by atoms with van der Waals surface area (Å²) in [7, 11) is 0. The Labute approximate surface area is 184 Å². The van der Waals surface area contributed by atoms with E-state index in [1.807, 2.05) is 43.3 Å². The van der Waals surface area contributed by atoms with E-state index in [0.29, 0.717) is 37.3 Å². The maximum Gasteiger partial charge on any atom is 0.211 e. The highest BCUT2D eigenvalue weighted by atomic mass is 16.1. The van der Waals surface area contributed by atoms with Gasteiger partial charge < -0.3 is 21.8 Å². The molecule has 0 aromatic heterocycles. The van der Waals surface area contributed by atoms with Crippen LogP contribution >= 0.6 is 0 Å². The summed E-state index contributed by atoms with van der Waals surface area (Å²) in [5.74, 6) is 0.333. The van der Waals surface area contributed by atoms with Crippen molar-refractivity contribution in [3.8, 4) is 0 Å². The van der Waals surface area contributed by atoms with Crippen molar-refractivity contribution in [2.24, 2.45) is 11.7 Å². The van der Waals surface area contributed by atoms with Crippen molar-refractivity contribution in [1.82, 2.24) is 0 Å². The molecule has 2 aromatic carbocycles. The summed E-state index contributed by atoms with van der Waals surface area (Å²) in [4.78, 5) is 22.0. The van der Waals surface area contributed by atoms with Crippen molar-refractivity contribution >= 4 is 29.9 Å². The SMILES string of the molecule is CC(C)CC(=N)C1(C[C@@H](C)N)c2ccc(NC=O)cc2CCc2cc(NC=O)ccc21. The van der Waals surface area contributed by atoms with Crippen LogP contribution in [-0.2, 0) is 27.8 Å². The molecule has 164 valence electrons. The van der Waals surface area contributed by atoms with E-state index in [9.17, 15) is 15.0 Å². The van der Waals surface area contributed by atoms with Gasteiger partial charge in [-0.05, 0) is 85.0 Å². The van der Waals surface area contributed by atoms with Gasteiger partial charge in [0.2, 0.25) is 12.8 Å². The minimum atomic E-state index is -0.654. The molecule has 3 rings (SSSR count). The number of carbonyl (C=O) groups excluding carboxylic acids is 2. The number of nitrogens with one attached hydrogen (secondary N) is 3. The number of benzene rings is 2. The first-order valence-corrected chi connectivity index (χ1v) is 10.8. The first-order chi connectivity index (χ1) is 14.8. The number of hydrogen-bond donors (Lipinski definition) is 4. The quantitative estimate of drug-likeness (QED) is 0.363. The largest absolute Gasteiger partial charge is 0.329 e. The lowest BCUT2D eigenvalue weighted by atomic mass is 9.64. The van der Waals surface area contributed by atoms with Crippen LogP contribution in [-0.4, -0.2) is 24.6 Å². The molecule has 6 nitrogen and oxygen atoms in total. The lowest BCUT2D eigenvalue weighted by molar-refractivity contribution is -0.106. The molecule has 0 heterocycles. The van der Waals surface area contributed by atoms with Crippen molar-refractivity contribution in [2.45, 2.75) is 57.9 Å². The fourth-order valence-electron chi connectivity index (χ4n) is 4.90. The second-order valence-corrected chi connectivity index (χ2v) is 8.93. The molecule has 0 aliphatic heterocycles. The number of carbonyl (C=O) groups is 2. The van der Waals surface area contributed by atoms with E-state index in [4.69, 9.17) is 5.73 Å². The number of anilines is 2. The Hall–Kier alpha value is -2.99. The number of fused-ring (bicyclic) bond motifs is 2. The average molecular weight is 421 g/mol. The smallest absolute Gasteiger partial charge is 0.211 e. The van der Waals surface area contributed by atoms with Crippen LogP contribution in [0.15, 0.2) is 36.4 Å². The zero-order chi connectivity index (χ0) is 22.6. The van der Waals surface area contributed by atoms with Crippen LogP contribution < -0.4 is 16.4 Å². The zero-order valence-electron chi connectivity index (χ0n) is 18.5. The van der Waals surface area contributed by atoms with Gasteiger partial charge in [0.05, 0.1) is 5.41 Å². The van der Waals surface area contributed by atoms with Crippen LogP contribution in [0.4, 0.5) is 11.4 Å². The van der Waals surface area contributed by atoms with E-state index in [0.717, 1.165) is 46.5 Å². The molecule has 0 unspecified atom stereocenters. The lowest BCUT2D eigenvalue weighted by Crippen LogP contribution is -2.43. The van der Waals surface area contributed by atoms with Crippen molar-refractivity contribution in [2.75, 3.05) is 10.6 Å². The predicted molar refractivity (Wildman–Crippen MR) is 126 cm³/mol. The lowest BCUT2D eigenvalue weighted by Gasteiger charge is -2.39. The van der Waals surface area contributed by atoms with Gasteiger partial charge in [-0.2, -0.15) is 0 Å². The highest BCUT2D eigenvalue weighted by Crippen LogP contribution is 2.46. The van der Waals surface area contributed by atoms with E-state index in [1.165, 1.54) is 0 Å². The third kappa shape index (κ3) is 4.54. The van der Waals surface area contributed by atoms with Crippen LogP contribution in [0.25, 0.3) is 0 Å². The number of hydrogen-bond acceptors (Lipinski definition) is 4. The molecule has 2 aromatic rings. The summed E-state index contributed by atoms with van der Waals surface area (Å²) in [6, 6.07) is 11.8. The minimum absolute atomic E-state index is 0.119. The fourth-order valence-corrected chi connectivity index (χ4v) is 4.90. The van der Waals surface area contributed by atoms with Gasteiger partial charge in [-0.15, -0.1) is 0 Å². The van der Waals surface area contributed by atoms with Crippen molar-refractivity contribution in [3.05, 3.63) is 58.7 Å². The summed E-state index contributed by atoms with van der Waals surface area (Å²) in [5, 5.41) is 14.8. The third-order valence-corrected chi connectivity index (χ3v) is 6.00. The van der Waals surface area contributed by atoms with Gasteiger partial charge in [0.1, 0.15) is 0 Å². The van der Waals surface area contributed by atoms with Crippen molar-refractivity contribution in [1.29, 1.82) is 5.41 Å². The fraction of sp³-hybridized carbons (Fsp3) is 0.400. The van der Waals surface area contributed by atoms with Gasteiger partial charge in [-0.3, -0.25) is 9.59 Å². The minimum Gasteiger partial charge on any atom is -0.329 e. The average Bonchev–Trinajstić information content (AvgIpc) is 2.83. The molecule has 0 bridgehead atoms. The van der Waals surface area contributed by atoms with Crippen molar-refractivity contribution < 1.29 is 9.59 Å². The predicted octanol–water partition coefficient (Wildman–Crippen LogP) is 4.01. The molecular formula is C25H32N4O2. The summed E-state index contributed by atoms with van der Waals surface area (Å²) < 4.78 is 0. The molecule has 2 amide bonds. The first-order valence-electron chi connectivity index (χ1n) is 10.8. The Morgan fingerprint density at radius 1 is 1.00 bits per heavy atom. The monoisotopic (exact) mass is 420 g/mol. The number of amides is 2. The highest BCUT2D eigenvalue weighted by Gasteiger charge is 2.43. The van der Waals surface area contributed by atoms with Gasteiger partial charge in [0, 0.05) is 23.1 Å². The maximum atomic E-state index is 11.0. The van der Waals surface area contributed by atoms with E-state index >= 15 is 0 Å². The van der Waals surface area contributed by atoms with Gasteiger partial charge in [-0.25, -0.2) is 0 Å². The maximum absolute atomic E-state index is 11.0. The molecule has 0 fully saturated rings. The molecule has 0 radical (unpaired) electrons. The Bertz CT molecular complexity index is 920. The standard InChI is InChI=1S/C25H32N4O2/c1-16(2)10-24(27)25(13-17(3)26)22-8-6-20(28-14-30)11-18(22)4-5-19-12-21(29-15-31)7-9-23(19)25/h6-9,11-12,14-17,27H,4-5,10,13,26H2,1-3H3,(H,28,30)(H,29,31)/t17-/m1/s1. The van der Waals surface area contributed by atoms with Crippen molar-refractivity contribution in [3.63, 3.8) is 0 Å². The van der Waals surface area contributed by atoms with E-state index in [2.05, 4.69) is 24.5 Å². The van der Waals surface area contributed by atoms with Crippen LogP contribution in [0.1, 0.15) is 55.9 Å². The van der Waals surface area contributed by atoms with E-state index in [1.54, 1.807) is 0 Å². The molecular weight excluding hydrogens is 388 g/mol. The summed E-state index contributed by atoms with van der Waals surface area (Å²) in [5.41, 5.74) is 12.3. The highest BCUT2D eigenvalue weighted by molar-refractivity contribution is 5.97. The number of aryl methyl sites for hydroxylation is 2. The van der Waals surface area contributed by atoms with Crippen LogP contribution in [0.2, 0.25) is 0 Å². The molecule has 0 saturated carbocycles.